The molecule has 5 heteroatoms. The van der Waals surface area contributed by atoms with Gasteiger partial charge in [0, 0.05) is 31.9 Å². The molecule has 1 rings (SSSR count). The molecule has 0 bridgehead atoms. The van der Waals surface area contributed by atoms with E-state index in [1.54, 1.807) is 6.20 Å². The summed E-state index contributed by atoms with van der Waals surface area (Å²) in [6.07, 6.45) is 5.28. The number of carboxylic acid groups (broad SMARTS) is 1. The zero-order chi connectivity index (χ0) is 11.3. The van der Waals surface area contributed by atoms with Crippen molar-refractivity contribution in [2.75, 3.05) is 6.54 Å². The number of aryl methyl sites for hydroxylation is 1. The molecule has 1 aromatic heterocycles. The van der Waals surface area contributed by atoms with Crippen LogP contribution in [0.5, 0.6) is 0 Å². The number of carbonyl (C=O) groups is 1. The summed E-state index contributed by atoms with van der Waals surface area (Å²) in [5.74, 6) is 0.146. The average molecular weight is 211 g/mol. The van der Waals surface area contributed by atoms with Crippen LogP contribution in [0.25, 0.3) is 0 Å². The highest BCUT2D eigenvalue weighted by Crippen LogP contribution is 2.02. The first kappa shape index (κ1) is 11.7. The lowest BCUT2D eigenvalue weighted by atomic mass is 10.1. The van der Waals surface area contributed by atoms with Crippen molar-refractivity contribution >= 4 is 5.97 Å². The predicted molar refractivity (Wildman–Crippen MR) is 56.6 cm³/mol. The van der Waals surface area contributed by atoms with E-state index in [0.29, 0.717) is 0 Å². The first-order valence-electron chi connectivity index (χ1n) is 5.04. The largest absolute Gasteiger partial charge is 0.480 e. The Bertz CT molecular complexity index is 322. The molecule has 0 radical (unpaired) electrons. The van der Waals surface area contributed by atoms with E-state index in [0.717, 1.165) is 18.7 Å². The maximum absolute atomic E-state index is 10.4. The van der Waals surface area contributed by atoms with Gasteiger partial charge in [-0.15, -0.1) is 0 Å². The minimum Gasteiger partial charge on any atom is -0.480 e. The van der Waals surface area contributed by atoms with E-state index in [2.05, 4.69) is 10.3 Å². The van der Waals surface area contributed by atoms with Crippen molar-refractivity contribution in [2.45, 2.75) is 25.8 Å². The first-order valence-corrected chi connectivity index (χ1v) is 5.04. The van der Waals surface area contributed by atoms with Crippen LogP contribution < -0.4 is 5.32 Å². The lowest BCUT2D eigenvalue weighted by molar-refractivity contribution is -0.136. The number of hydrogen-bond acceptors (Lipinski definition) is 3. The van der Waals surface area contributed by atoms with Gasteiger partial charge in [-0.3, -0.25) is 4.79 Å². The Morgan fingerprint density at radius 1 is 1.73 bits per heavy atom. The number of aliphatic carboxylic acids is 1. The van der Waals surface area contributed by atoms with E-state index in [1.807, 2.05) is 24.7 Å². The molecular weight excluding hydrogens is 194 g/mol. The van der Waals surface area contributed by atoms with Crippen molar-refractivity contribution in [1.29, 1.82) is 0 Å². The summed E-state index contributed by atoms with van der Waals surface area (Å²) in [6.45, 7) is 2.03. The molecule has 0 aromatic carbocycles. The molecule has 2 N–H and O–H groups in total. The molecule has 15 heavy (non-hydrogen) atoms. The number of aromatic nitrogens is 2. The maximum atomic E-state index is 10.4. The topological polar surface area (TPSA) is 67.2 Å². The Labute approximate surface area is 89.1 Å². The summed E-state index contributed by atoms with van der Waals surface area (Å²) in [6, 6.07) is 0.169. The van der Waals surface area contributed by atoms with E-state index in [9.17, 15) is 4.79 Å². The van der Waals surface area contributed by atoms with Crippen LogP contribution in [0, 0.1) is 0 Å². The van der Waals surface area contributed by atoms with Gasteiger partial charge in [-0.1, -0.05) is 6.92 Å². The van der Waals surface area contributed by atoms with Crippen LogP contribution in [0.2, 0.25) is 0 Å². The summed E-state index contributed by atoms with van der Waals surface area (Å²) in [7, 11) is 1.94. The van der Waals surface area contributed by atoms with E-state index >= 15 is 0 Å². The number of carboxylic acids is 1. The Morgan fingerprint density at radius 3 is 2.93 bits per heavy atom. The molecule has 1 unspecified atom stereocenters. The summed E-state index contributed by atoms with van der Waals surface area (Å²) < 4.78 is 1.95. The molecular formula is C10H17N3O2. The standard InChI is InChI=1S/C10H17N3O2/c1-3-8(12-7-10(14)15)6-9-11-4-5-13(9)2/h4-5,8,12H,3,6-7H2,1-2H3,(H,14,15). The normalized spacial score (nSPS) is 12.7. The van der Waals surface area contributed by atoms with Gasteiger partial charge in [-0.2, -0.15) is 0 Å². The van der Waals surface area contributed by atoms with E-state index in [4.69, 9.17) is 5.11 Å². The van der Waals surface area contributed by atoms with Gasteiger partial charge in [0.25, 0.3) is 0 Å². The Kier molecular flexibility index (Phi) is 4.30. The van der Waals surface area contributed by atoms with Gasteiger partial charge in [-0.05, 0) is 6.42 Å². The highest BCUT2D eigenvalue weighted by molar-refractivity contribution is 5.69. The summed E-state index contributed by atoms with van der Waals surface area (Å²) in [4.78, 5) is 14.6. The SMILES string of the molecule is CCC(Cc1nccn1C)NCC(=O)O. The second kappa shape index (κ2) is 5.50. The fourth-order valence-corrected chi connectivity index (χ4v) is 1.41. The lowest BCUT2D eigenvalue weighted by Gasteiger charge is -2.15. The van der Waals surface area contributed by atoms with Gasteiger partial charge in [0.1, 0.15) is 5.82 Å². The first-order chi connectivity index (χ1) is 7.13. The van der Waals surface area contributed by atoms with Gasteiger partial charge in [0.2, 0.25) is 0 Å². The Hall–Kier alpha value is -1.36. The van der Waals surface area contributed by atoms with Crippen molar-refractivity contribution in [1.82, 2.24) is 14.9 Å². The smallest absolute Gasteiger partial charge is 0.317 e. The molecule has 1 aromatic rings. The number of nitrogens with one attached hydrogen (secondary N) is 1. The zero-order valence-electron chi connectivity index (χ0n) is 9.10. The number of hydrogen-bond donors (Lipinski definition) is 2. The predicted octanol–water partition coefficient (Wildman–Crippen LogP) is 0.415. The van der Waals surface area contributed by atoms with Crippen LogP contribution in [0.4, 0.5) is 0 Å². The number of nitrogens with zero attached hydrogens (tertiary/aromatic N) is 2. The minimum atomic E-state index is -0.826. The fraction of sp³-hybridized carbons (Fsp3) is 0.600. The van der Waals surface area contributed by atoms with Crippen LogP contribution in [0.15, 0.2) is 12.4 Å². The van der Waals surface area contributed by atoms with Crippen LogP contribution in [-0.2, 0) is 18.3 Å². The van der Waals surface area contributed by atoms with Crippen molar-refractivity contribution in [3.63, 3.8) is 0 Å². The van der Waals surface area contributed by atoms with E-state index < -0.39 is 5.97 Å². The third-order valence-corrected chi connectivity index (χ3v) is 2.38. The molecule has 5 nitrogen and oxygen atoms in total. The molecule has 0 saturated heterocycles. The van der Waals surface area contributed by atoms with Crippen molar-refractivity contribution in [3.8, 4) is 0 Å². The van der Waals surface area contributed by atoms with Crippen molar-refractivity contribution in [3.05, 3.63) is 18.2 Å². The van der Waals surface area contributed by atoms with Crippen molar-refractivity contribution < 1.29 is 9.90 Å². The monoisotopic (exact) mass is 211 g/mol. The van der Waals surface area contributed by atoms with Gasteiger partial charge < -0.3 is 15.0 Å². The highest BCUT2D eigenvalue weighted by atomic mass is 16.4. The zero-order valence-corrected chi connectivity index (χ0v) is 9.10. The second-order valence-electron chi connectivity index (χ2n) is 3.54. The van der Waals surface area contributed by atoms with Crippen LogP contribution in [0.3, 0.4) is 0 Å². The third-order valence-electron chi connectivity index (χ3n) is 2.38. The molecule has 0 fully saturated rings. The highest BCUT2D eigenvalue weighted by Gasteiger charge is 2.10. The summed E-state index contributed by atoms with van der Waals surface area (Å²) in [5.41, 5.74) is 0. The lowest BCUT2D eigenvalue weighted by Crippen LogP contribution is -2.35. The fourth-order valence-electron chi connectivity index (χ4n) is 1.41. The van der Waals surface area contributed by atoms with E-state index in [1.165, 1.54) is 0 Å². The van der Waals surface area contributed by atoms with Gasteiger partial charge >= 0.3 is 5.97 Å². The summed E-state index contributed by atoms with van der Waals surface area (Å²) >= 11 is 0. The van der Waals surface area contributed by atoms with Gasteiger partial charge in [0.05, 0.1) is 6.54 Å². The number of imidazole rings is 1. The molecule has 1 atom stereocenters. The van der Waals surface area contributed by atoms with Crippen LogP contribution >= 0.6 is 0 Å². The van der Waals surface area contributed by atoms with E-state index in [-0.39, 0.29) is 12.6 Å². The van der Waals surface area contributed by atoms with Crippen LogP contribution in [0.1, 0.15) is 19.2 Å². The second-order valence-corrected chi connectivity index (χ2v) is 3.54. The minimum absolute atomic E-state index is 0.00291. The van der Waals surface area contributed by atoms with Crippen molar-refractivity contribution in [2.24, 2.45) is 7.05 Å². The molecule has 0 spiro atoms. The molecule has 0 aliphatic rings. The number of rotatable bonds is 6. The average Bonchev–Trinajstić information content (AvgIpc) is 2.58. The summed E-state index contributed by atoms with van der Waals surface area (Å²) in [5, 5.41) is 11.5. The molecule has 84 valence electrons. The molecule has 1 heterocycles. The third kappa shape index (κ3) is 3.71. The molecule has 0 aliphatic heterocycles. The van der Waals surface area contributed by atoms with Gasteiger partial charge in [-0.25, -0.2) is 4.98 Å². The van der Waals surface area contributed by atoms with Gasteiger partial charge in [0.15, 0.2) is 0 Å². The molecule has 0 saturated carbocycles. The Balaban J connectivity index is 2.47. The quantitative estimate of drug-likeness (QED) is 0.715. The molecule has 0 aliphatic carbocycles. The Morgan fingerprint density at radius 2 is 2.47 bits per heavy atom. The maximum Gasteiger partial charge on any atom is 0.317 e. The van der Waals surface area contributed by atoms with Crippen LogP contribution in [-0.4, -0.2) is 33.2 Å². The molecule has 0 amide bonds.